The molecule has 6 heteroatoms. The highest BCUT2D eigenvalue weighted by Gasteiger charge is 2.32. The van der Waals surface area contributed by atoms with Crippen LogP contribution in [-0.4, -0.2) is 46.3 Å². The minimum Gasteiger partial charge on any atom is -0.342 e. The summed E-state index contributed by atoms with van der Waals surface area (Å²) in [6, 6.07) is 10.4. The number of carbonyl (C=O) groups is 2. The van der Waals surface area contributed by atoms with Crippen molar-refractivity contribution in [2.75, 3.05) is 24.5 Å². The maximum absolute atomic E-state index is 12.7. The van der Waals surface area contributed by atoms with Gasteiger partial charge in [-0.2, -0.15) is 0 Å². The molecule has 2 aliphatic rings. The maximum Gasteiger partial charge on any atom is 0.228 e. The van der Waals surface area contributed by atoms with Crippen LogP contribution in [-0.2, 0) is 22.4 Å². The molecule has 0 aliphatic carbocycles. The lowest BCUT2D eigenvalue weighted by molar-refractivity contribution is -0.127. The molecule has 0 spiro atoms. The number of carbonyl (C=O) groups excluding carboxylic acids is 2. The van der Waals surface area contributed by atoms with Gasteiger partial charge in [-0.3, -0.25) is 14.5 Å². The van der Waals surface area contributed by atoms with Crippen molar-refractivity contribution in [2.24, 2.45) is 0 Å². The first-order valence-electron chi connectivity index (χ1n) is 10.5. The molecule has 1 unspecified atom stereocenters. The molecule has 29 heavy (non-hydrogen) atoms. The van der Waals surface area contributed by atoms with Gasteiger partial charge in [0, 0.05) is 50.2 Å². The van der Waals surface area contributed by atoms with Gasteiger partial charge in [0.25, 0.3) is 0 Å². The summed E-state index contributed by atoms with van der Waals surface area (Å²) in [5, 5.41) is 0. The molecule has 2 amide bonds. The Hall–Kier alpha value is -2.76. The van der Waals surface area contributed by atoms with E-state index in [9.17, 15) is 9.59 Å². The Morgan fingerprint density at radius 2 is 1.97 bits per heavy atom. The summed E-state index contributed by atoms with van der Waals surface area (Å²) in [5.41, 5.74) is 3.34. The molecule has 0 N–H and O–H groups in total. The van der Waals surface area contributed by atoms with Gasteiger partial charge in [-0.05, 0) is 38.2 Å². The van der Waals surface area contributed by atoms with E-state index >= 15 is 0 Å². The standard InChI is InChI=1S/C23H28N4O2/c1-16-20-10-11-21(29)27(13-6-9-18-7-4-3-5-8-18)23(20)25-22(24-16)19-12-14-26(15-19)17(2)28/h3-5,7-8,19H,6,9-15H2,1-2H3. The third kappa shape index (κ3) is 4.16. The molecule has 0 saturated carbocycles. The highest BCUT2D eigenvalue weighted by atomic mass is 16.2. The molecule has 1 atom stereocenters. The fourth-order valence-corrected chi connectivity index (χ4v) is 4.36. The van der Waals surface area contributed by atoms with Gasteiger partial charge in [-0.1, -0.05) is 30.3 Å². The average Bonchev–Trinajstić information content (AvgIpc) is 3.21. The Balaban J connectivity index is 1.54. The number of amides is 2. The number of anilines is 1. The molecule has 1 fully saturated rings. The van der Waals surface area contributed by atoms with Gasteiger partial charge in [0.1, 0.15) is 11.6 Å². The third-order valence-corrected chi connectivity index (χ3v) is 6.04. The van der Waals surface area contributed by atoms with Crippen LogP contribution in [0.25, 0.3) is 0 Å². The van der Waals surface area contributed by atoms with Gasteiger partial charge < -0.3 is 4.90 Å². The zero-order valence-electron chi connectivity index (χ0n) is 17.2. The van der Waals surface area contributed by atoms with Crippen LogP contribution in [0.3, 0.4) is 0 Å². The third-order valence-electron chi connectivity index (χ3n) is 6.04. The van der Waals surface area contributed by atoms with Crippen molar-refractivity contribution in [3.63, 3.8) is 0 Å². The van der Waals surface area contributed by atoms with E-state index in [2.05, 4.69) is 12.1 Å². The van der Waals surface area contributed by atoms with Crippen molar-refractivity contribution in [1.29, 1.82) is 0 Å². The molecule has 0 bridgehead atoms. The number of nitrogens with zero attached hydrogens (tertiary/aromatic N) is 4. The number of rotatable bonds is 5. The molecule has 0 radical (unpaired) electrons. The minimum absolute atomic E-state index is 0.0971. The van der Waals surface area contributed by atoms with Gasteiger partial charge in [-0.25, -0.2) is 9.97 Å². The largest absolute Gasteiger partial charge is 0.342 e. The number of hydrogen-bond donors (Lipinski definition) is 0. The van der Waals surface area contributed by atoms with E-state index in [0.717, 1.165) is 48.7 Å². The minimum atomic E-state index is 0.0971. The molecule has 152 valence electrons. The smallest absolute Gasteiger partial charge is 0.228 e. The van der Waals surface area contributed by atoms with E-state index in [4.69, 9.17) is 9.97 Å². The zero-order valence-corrected chi connectivity index (χ0v) is 17.2. The van der Waals surface area contributed by atoms with Gasteiger partial charge in [-0.15, -0.1) is 0 Å². The summed E-state index contributed by atoms with van der Waals surface area (Å²) in [6.07, 6.45) is 3.94. The SMILES string of the molecule is CC(=O)N1CCC(c2nc(C)c3c(n2)N(CCCc2ccccc2)C(=O)CC3)C1. The van der Waals surface area contributed by atoms with Gasteiger partial charge in [0.2, 0.25) is 11.8 Å². The van der Waals surface area contributed by atoms with Crippen molar-refractivity contribution < 1.29 is 9.59 Å². The van der Waals surface area contributed by atoms with E-state index in [1.807, 2.05) is 34.9 Å². The maximum atomic E-state index is 12.7. The highest BCUT2D eigenvalue weighted by Crippen LogP contribution is 2.32. The lowest BCUT2D eigenvalue weighted by atomic mass is 10.0. The first-order chi connectivity index (χ1) is 14.0. The first-order valence-corrected chi connectivity index (χ1v) is 10.5. The number of likely N-dealkylation sites (tertiary alicyclic amines) is 1. The van der Waals surface area contributed by atoms with Crippen LogP contribution in [0.2, 0.25) is 0 Å². The van der Waals surface area contributed by atoms with Crippen LogP contribution in [0, 0.1) is 6.92 Å². The summed E-state index contributed by atoms with van der Waals surface area (Å²) >= 11 is 0. The Morgan fingerprint density at radius 3 is 2.69 bits per heavy atom. The van der Waals surface area contributed by atoms with E-state index < -0.39 is 0 Å². The van der Waals surface area contributed by atoms with E-state index in [1.54, 1.807) is 6.92 Å². The molecule has 1 saturated heterocycles. The fraction of sp³-hybridized carbons (Fsp3) is 0.478. The second-order valence-corrected chi connectivity index (χ2v) is 8.05. The molecular formula is C23H28N4O2. The number of aromatic nitrogens is 2. The zero-order chi connectivity index (χ0) is 20.4. The van der Waals surface area contributed by atoms with Crippen LogP contribution >= 0.6 is 0 Å². The Bertz CT molecular complexity index is 913. The summed E-state index contributed by atoms with van der Waals surface area (Å²) in [5.74, 6) is 1.95. The van der Waals surface area contributed by atoms with E-state index in [0.29, 0.717) is 25.9 Å². The molecule has 2 aliphatic heterocycles. The van der Waals surface area contributed by atoms with Crippen LogP contribution in [0.5, 0.6) is 0 Å². The molecule has 3 heterocycles. The molecule has 1 aromatic heterocycles. The monoisotopic (exact) mass is 392 g/mol. The van der Waals surface area contributed by atoms with Crippen LogP contribution in [0.15, 0.2) is 30.3 Å². The average molecular weight is 393 g/mol. The molecule has 2 aromatic rings. The topological polar surface area (TPSA) is 66.4 Å². The lowest BCUT2D eigenvalue weighted by Crippen LogP contribution is -2.38. The predicted molar refractivity (Wildman–Crippen MR) is 112 cm³/mol. The highest BCUT2D eigenvalue weighted by molar-refractivity contribution is 5.95. The molecule has 6 nitrogen and oxygen atoms in total. The normalized spacial score (nSPS) is 18.8. The number of hydrogen-bond acceptors (Lipinski definition) is 4. The van der Waals surface area contributed by atoms with Crippen molar-refractivity contribution in [2.45, 2.75) is 51.9 Å². The summed E-state index contributed by atoms with van der Waals surface area (Å²) in [7, 11) is 0. The quantitative estimate of drug-likeness (QED) is 0.784. The number of fused-ring (bicyclic) bond motifs is 1. The van der Waals surface area contributed by atoms with Crippen LogP contribution in [0.1, 0.15) is 54.7 Å². The molecule has 4 rings (SSSR count). The predicted octanol–water partition coefficient (Wildman–Crippen LogP) is 3.03. The summed E-state index contributed by atoms with van der Waals surface area (Å²) < 4.78 is 0. The second kappa shape index (κ2) is 8.31. The van der Waals surface area contributed by atoms with Gasteiger partial charge in [0.15, 0.2) is 0 Å². The van der Waals surface area contributed by atoms with Crippen LogP contribution in [0.4, 0.5) is 5.82 Å². The van der Waals surface area contributed by atoms with Gasteiger partial charge >= 0.3 is 0 Å². The Morgan fingerprint density at radius 1 is 1.17 bits per heavy atom. The van der Waals surface area contributed by atoms with Crippen molar-refractivity contribution in [3.05, 3.63) is 53.0 Å². The Kier molecular flexibility index (Phi) is 5.60. The van der Waals surface area contributed by atoms with E-state index in [-0.39, 0.29) is 17.7 Å². The number of benzene rings is 1. The first kappa shape index (κ1) is 19.6. The lowest BCUT2D eigenvalue weighted by Gasteiger charge is -2.30. The molecule has 1 aromatic carbocycles. The van der Waals surface area contributed by atoms with E-state index in [1.165, 1.54) is 5.56 Å². The van der Waals surface area contributed by atoms with Gasteiger partial charge in [0.05, 0.1) is 0 Å². The molecular weight excluding hydrogens is 364 g/mol. The fourth-order valence-electron chi connectivity index (χ4n) is 4.36. The van der Waals surface area contributed by atoms with Crippen molar-refractivity contribution in [1.82, 2.24) is 14.9 Å². The summed E-state index contributed by atoms with van der Waals surface area (Å²) in [4.78, 5) is 37.7. The summed E-state index contributed by atoms with van der Waals surface area (Å²) in [6.45, 7) is 5.70. The van der Waals surface area contributed by atoms with Crippen molar-refractivity contribution in [3.8, 4) is 0 Å². The Labute approximate surface area is 172 Å². The van der Waals surface area contributed by atoms with Crippen LogP contribution < -0.4 is 4.90 Å². The number of aryl methyl sites for hydroxylation is 2. The second-order valence-electron chi connectivity index (χ2n) is 8.05. The van der Waals surface area contributed by atoms with Crippen molar-refractivity contribution >= 4 is 17.6 Å².